The Bertz CT molecular complexity index is 929. The molecule has 1 aromatic rings. The first kappa shape index (κ1) is 24.5. The van der Waals surface area contributed by atoms with Gasteiger partial charge in [0.1, 0.15) is 5.78 Å². The van der Waals surface area contributed by atoms with Crippen LogP contribution in [-0.4, -0.2) is 73.7 Å². The molecule has 1 heterocycles. The number of cyclic esters (lactones) is 2. The van der Waals surface area contributed by atoms with Gasteiger partial charge in [-0.25, -0.2) is 9.59 Å². The Hall–Kier alpha value is -2.14. The number of aliphatic carboxylic acids is 1. The average Bonchev–Trinajstić information content (AvgIpc) is 3.16. The molecule has 1 fully saturated rings. The average molecular weight is 481 g/mol. The molecule has 1 aliphatic heterocycles. The van der Waals surface area contributed by atoms with Gasteiger partial charge in [0.15, 0.2) is 0 Å². The lowest BCUT2D eigenvalue weighted by Gasteiger charge is -2.17. The van der Waals surface area contributed by atoms with Gasteiger partial charge in [-0.1, -0.05) is 18.2 Å². The summed E-state index contributed by atoms with van der Waals surface area (Å²) >= 11 is 2.77. The van der Waals surface area contributed by atoms with Crippen molar-refractivity contribution in [1.82, 2.24) is 0 Å². The van der Waals surface area contributed by atoms with E-state index < -0.39 is 41.3 Å². The minimum absolute atomic E-state index is 0.0355. The van der Waals surface area contributed by atoms with Gasteiger partial charge in [-0.3, -0.25) is 9.59 Å². The van der Waals surface area contributed by atoms with Crippen LogP contribution in [0.5, 0.6) is 0 Å². The lowest BCUT2D eigenvalue weighted by molar-refractivity contribution is -0.134. The van der Waals surface area contributed by atoms with Crippen molar-refractivity contribution in [1.29, 1.82) is 0 Å². The summed E-state index contributed by atoms with van der Waals surface area (Å²) in [4.78, 5) is 46.0. The molecule has 0 radical (unpaired) electrons. The van der Waals surface area contributed by atoms with E-state index in [0.29, 0.717) is 17.1 Å². The first-order chi connectivity index (χ1) is 15.3. The number of carboxylic acids is 1. The maximum Gasteiger partial charge on any atom is 0.346 e. The number of hydrogen-bond donors (Lipinski definition) is 3. The summed E-state index contributed by atoms with van der Waals surface area (Å²) in [5, 5.41) is 28.9. The summed E-state index contributed by atoms with van der Waals surface area (Å²) in [5.74, 6) is -1.28. The molecule has 1 saturated carbocycles. The molecule has 172 valence electrons. The fourth-order valence-electron chi connectivity index (χ4n) is 3.66. The molecule has 1 unspecified atom stereocenters. The van der Waals surface area contributed by atoms with Gasteiger partial charge in [0.2, 0.25) is 0 Å². The van der Waals surface area contributed by atoms with Gasteiger partial charge in [0.05, 0.1) is 34.3 Å². The third-order valence-electron chi connectivity index (χ3n) is 5.19. The Morgan fingerprint density at radius 3 is 2.69 bits per heavy atom. The Labute approximate surface area is 193 Å². The molecule has 0 amide bonds. The highest BCUT2D eigenvalue weighted by molar-refractivity contribution is 8.01. The van der Waals surface area contributed by atoms with Crippen molar-refractivity contribution in [3.8, 4) is 0 Å². The zero-order chi connectivity index (χ0) is 23.3. The minimum atomic E-state index is -0.901. The molecule has 0 aromatic heterocycles. The van der Waals surface area contributed by atoms with Crippen molar-refractivity contribution in [3.63, 3.8) is 0 Å². The molecule has 2 aliphatic rings. The van der Waals surface area contributed by atoms with Crippen molar-refractivity contribution in [2.45, 2.75) is 36.7 Å². The first-order valence-corrected chi connectivity index (χ1v) is 12.3. The van der Waals surface area contributed by atoms with Crippen molar-refractivity contribution in [3.05, 3.63) is 47.0 Å². The minimum Gasteiger partial charge on any atom is -0.481 e. The zero-order valence-electron chi connectivity index (χ0n) is 17.1. The topological polar surface area (TPSA) is 138 Å². The molecule has 0 saturated heterocycles. The number of rotatable bonds is 11. The summed E-state index contributed by atoms with van der Waals surface area (Å²) in [6.07, 6.45) is 2.51. The number of benzene rings is 1. The maximum absolute atomic E-state index is 12.3. The second kappa shape index (κ2) is 11.1. The molecular formula is C22H24O8S2. The smallest absolute Gasteiger partial charge is 0.346 e. The number of Topliss-reactive ketones (excluding diaryl/α,β-unsaturated/α-hetero) is 1. The quantitative estimate of drug-likeness (QED) is 0.186. The van der Waals surface area contributed by atoms with Crippen LogP contribution >= 0.6 is 23.5 Å². The Kier molecular flexibility index (Phi) is 8.52. The van der Waals surface area contributed by atoms with Crippen molar-refractivity contribution in [2.75, 3.05) is 17.3 Å². The predicted octanol–water partition coefficient (Wildman–Crippen LogP) is 1.72. The Balaban J connectivity index is 1.53. The van der Waals surface area contributed by atoms with Crippen LogP contribution in [0.3, 0.4) is 0 Å². The summed E-state index contributed by atoms with van der Waals surface area (Å²) in [5.41, 5.74) is 1.04. The number of hydrogen-bond acceptors (Lipinski definition) is 9. The molecule has 1 aromatic carbocycles. The lowest BCUT2D eigenvalue weighted by Crippen LogP contribution is -2.22. The second-order valence-electron chi connectivity index (χ2n) is 7.62. The lowest BCUT2D eigenvalue weighted by atomic mass is 9.99. The number of carbonyl (C=O) groups excluding carboxylic acids is 3. The Morgan fingerprint density at radius 2 is 1.94 bits per heavy atom. The monoisotopic (exact) mass is 480 g/mol. The highest BCUT2D eigenvalue weighted by atomic mass is 32.2. The number of carboxylic acid groups (broad SMARTS) is 1. The van der Waals surface area contributed by atoms with E-state index in [0.717, 1.165) is 6.42 Å². The van der Waals surface area contributed by atoms with Crippen molar-refractivity contribution >= 4 is 47.2 Å². The van der Waals surface area contributed by atoms with Crippen LogP contribution in [-0.2, 0) is 20.7 Å². The molecule has 1 aliphatic carbocycles. The number of fused-ring (bicyclic) bond motifs is 1. The first-order valence-electron chi connectivity index (χ1n) is 10.1. The molecule has 32 heavy (non-hydrogen) atoms. The molecule has 3 N–H and O–H groups in total. The van der Waals surface area contributed by atoms with Gasteiger partial charge in [0.25, 0.3) is 0 Å². The van der Waals surface area contributed by atoms with E-state index in [1.807, 2.05) is 0 Å². The van der Waals surface area contributed by atoms with E-state index in [4.69, 9.17) is 5.11 Å². The Morgan fingerprint density at radius 1 is 1.19 bits per heavy atom. The molecule has 4 atom stereocenters. The number of aliphatic hydroxyl groups is 2. The van der Waals surface area contributed by atoms with Crippen LogP contribution in [0.25, 0.3) is 0 Å². The van der Waals surface area contributed by atoms with E-state index in [9.17, 15) is 29.4 Å². The molecule has 3 rings (SSSR count). The van der Waals surface area contributed by atoms with Crippen molar-refractivity contribution < 1.29 is 39.2 Å². The van der Waals surface area contributed by atoms with Crippen molar-refractivity contribution in [2.24, 2.45) is 5.92 Å². The largest absolute Gasteiger partial charge is 0.481 e. The highest BCUT2D eigenvalue weighted by Gasteiger charge is 2.40. The van der Waals surface area contributed by atoms with Gasteiger partial charge in [-0.2, -0.15) is 11.8 Å². The molecule has 10 heteroatoms. The number of thioether (sulfide) groups is 2. The van der Waals surface area contributed by atoms with E-state index in [-0.39, 0.29) is 35.5 Å². The third kappa shape index (κ3) is 6.22. The fraction of sp³-hybridized carbons (Fsp3) is 0.455. The number of carbonyl (C=O) groups is 4. The van der Waals surface area contributed by atoms with Crippen LogP contribution in [0.1, 0.15) is 39.1 Å². The van der Waals surface area contributed by atoms with Gasteiger partial charge in [-0.05, 0) is 35.6 Å². The summed E-state index contributed by atoms with van der Waals surface area (Å²) in [6, 6.07) is 4.66. The van der Waals surface area contributed by atoms with Gasteiger partial charge in [0, 0.05) is 18.8 Å². The van der Waals surface area contributed by atoms with Gasteiger partial charge < -0.3 is 20.1 Å². The predicted molar refractivity (Wildman–Crippen MR) is 120 cm³/mol. The second-order valence-corrected chi connectivity index (χ2v) is 9.97. The third-order valence-corrected chi connectivity index (χ3v) is 7.68. The zero-order valence-corrected chi connectivity index (χ0v) is 18.8. The molecule has 8 nitrogen and oxygen atoms in total. The van der Waals surface area contributed by atoms with E-state index in [1.54, 1.807) is 18.2 Å². The molecule has 0 spiro atoms. The standard InChI is InChI=1S/C22H24O8S2/c23-13(8-12-2-4-14-16(9-12)22(29)30-21(14)28)3-5-15-17(24)10-18(25)20(15)32-7-1-6-31-11-19(26)27/h2-5,9,13,15,17,20,23-24H,1,6-8,10-11H2,(H,26,27)/b5-3+/t13?,15-,17+,20+/m0/s1. The van der Waals surface area contributed by atoms with E-state index in [1.165, 1.54) is 35.7 Å². The summed E-state index contributed by atoms with van der Waals surface area (Å²) in [6.45, 7) is 0. The van der Waals surface area contributed by atoms with Crippen LogP contribution < -0.4 is 0 Å². The van der Waals surface area contributed by atoms with Gasteiger partial charge in [-0.15, -0.1) is 11.8 Å². The van der Waals surface area contributed by atoms with E-state index >= 15 is 0 Å². The number of ketones is 1. The van der Waals surface area contributed by atoms with Crippen LogP contribution in [0.15, 0.2) is 30.4 Å². The van der Waals surface area contributed by atoms with Crippen LogP contribution in [0.4, 0.5) is 0 Å². The molecule has 0 bridgehead atoms. The maximum atomic E-state index is 12.3. The van der Waals surface area contributed by atoms with Crippen LogP contribution in [0.2, 0.25) is 0 Å². The summed E-state index contributed by atoms with van der Waals surface area (Å²) in [7, 11) is 0. The fourth-order valence-corrected chi connectivity index (χ4v) is 5.86. The number of ether oxygens (including phenoxy) is 1. The SMILES string of the molecule is O=C(O)CSCCCS[C@H]1C(=O)C[C@@H](O)[C@@H]1/C=C/C(O)Cc1ccc2c(c1)C(=O)OC2=O. The van der Waals surface area contributed by atoms with Gasteiger partial charge >= 0.3 is 17.9 Å². The van der Waals surface area contributed by atoms with E-state index in [2.05, 4.69) is 4.74 Å². The normalized spacial score (nSPS) is 23.6. The molecular weight excluding hydrogens is 456 g/mol. The summed E-state index contributed by atoms with van der Waals surface area (Å²) < 4.78 is 4.56. The number of aliphatic hydroxyl groups excluding tert-OH is 2. The highest BCUT2D eigenvalue weighted by Crippen LogP contribution is 2.34. The number of esters is 2. The van der Waals surface area contributed by atoms with Crippen LogP contribution in [0, 0.1) is 5.92 Å².